The molecular formula is C17H30O3. The van der Waals surface area contributed by atoms with E-state index in [0.29, 0.717) is 0 Å². The van der Waals surface area contributed by atoms with E-state index >= 15 is 0 Å². The van der Waals surface area contributed by atoms with Gasteiger partial charge in [-0.25, -0.2) is 0 Å². The third-order valence-electron chi connectivity index (χ3n) is 4.43. The summed E-state index contributed by atoms with van der Waals surface area (Å²) in [5, 5.41) is 0. The maximum absolute atomic E-state index is 6.02. The summed E-state index contributed by atoms with van der Waals surface area (Å²) in [6.07, 6.45) is 15.2. The molecule has 0 N–H and O–H groups in total. The van der Waals surface area contributed by atoms with Crippen molar-refractivity contribution >= 4 is 0 Å². The molecule has 0 atom stereocenters. The standard InChI is InChI=1S/C17H30O3/c1-18-17(12-6-3-7-13-17)20-15-9-8-14-19-16-10-4-2-5-11-16/h10H,2-9,11-15H2,1H3. The first-order valence-electron chi connectivity index (χ1n) is 8.36. The molecule has 0 heterocycles. The highest BCUT2D eigenvalue weighted by atomic mass is 16.7. The highest BCUT2D eigenvalue weighted by molar-refractivity contribution is 4.96. The van der Waals surface area contributed by atoms with Crippen LogP contribution in [0.2, 0.25) is 0 Å². The normalized spacial score (nSPS) is 22.4. The van der Waals surface area contributed by atoms with E-state index in [4.69, 9.17) is 14.2 Å². The van der Waals surface area contributed by atoms with E-state index in [-0.39, 0.29) is 5.79 Å². The Balaban J connectivity index is 1.53. The van der Waals surface area contributed by atoms with Crippen LogP contribution in [0.3, 0.4) is 0 Å². The number of unbranched alkanes of at least 4 members (excludes halogenated alkanes) is 1. The van der Waals surface area contributed by atoms with Crippen molar-refractivity contribution in [2.75, 3.05) is 20.3 Å². The summed E-state index contributed by atoms with van der Waals surface area (Å²) in [6, 6.07) is 0. The molecule has 116 valence electrons. The summed E-state index contributed by atoms with van der Waals surface area (Å²) in [5.74, 6) is 0.920. The maximum atomic E-state index is 6.02. The molecule has 1 fully saturated rings. The molecule has 2 rings (SSSR count). The number of hydrogen-bond donors (Lipinski definition) is 0. The van der Waals surface area contributed by atoms with Gasteiger partial charge in [0.25, 0.3) is 0 Å². The summed E-state index contributed by atoms with van der Waals surface area (Å²) in [7, 11) is 1.78. The van der Waals surface area contributed by atoms with E-state index in [1.807, 2.05) is 0 Å². The van der Waals surface area contributed by atoms with E-state index in [2.05, 4.69) is 6.08 Å². The van der Waals surface area contributed by atoms with Gasteiger partial charge >= 0.3 is 0 Å². The van der Waals surface area contributed by atoms with Crippen LogP contribution in [0.5, 0.6) is 0 Å². The molecule has 2 aliphatic rings. The SMILES string of the molecule is COC1(OCCCCOC2=CCCCC2)CCCCC1. The Morgan fingerprint density at radius 2 is 1.80 bits per heavy atom. The van der Waals surface area contributed by atoms with E-state index in [1.165, 1.54) is 44.3 Å². The minimum absolute atomic E-state index is 0.287. The molecule has 0 unspecified atom stereocenters. The van der Waals surface area contributed by atoms with Crippen LogP contribution in [-0.2, 0) is 14.2 Å². The fourth-order valence-electron chi connectivity index (χ4n) is 3.10. The zero-order valence-corrected chi connectivity index (χ0v) is 13.0. The van der Waals surface area contributed by atoms with Crippen LogP contribution in [-0.4, -0.2) is 26.1 Å². The van der Waals surface area contributed by atoms with Crippen molar-refractivity contribution in [3.8, 4) is 0 Å². The second kappa shape index (κ2) is 8.68. The predicted octanol–water partition coefficient (Wildman–Crippen LogP) is 4.56. The van der Waals surface area contributed by atoms with E-state index in [9.17, 15) is 0 Å². The summed E-state index contributed by atoms with van der Waals surface area (Å²) < 4.78 is 17.4. The van der Waals surface area contributed by atoms with Gasteiger partial charge in [0.05, 0.1) is 19.0 Å². The van der Waals surface area contributed by atoms with Gasteiger partial charge < -0.3 is 14.2 Å². The van der Waals surface area contributed by atoms with Crippen LogP contribution in [0.25, 0.3) is 0 Å². The molecule has 0 radical (unpaired) electrons. The smallest absolute Gasteiger partial charge is 0.167 e. The third-order valence-corrected chi connectivity index (χ3v) is 4.43. The van der Waals surface area contributed by atoms with Crippen LogP contribution in [0.4, 0.5) is 0 Å². The molecule has 3 nitrogen and oxygen atoms in total. The van der Waals surface area contributed by atoms with Crippen LogP contribution in [0.15, 0.2) is 11.8 Å². The number of hydrogen-bond acceptors (Lipinski definition) is 3. The zero-order chi connectivity index (χ0) is 14.1. The lowest BCUT2D eigenvalue weighted by atomic mass is 9.94. The van der Waals surface area contributed by atoms with Crippen molar-refractivity contribution in [1.82, 2.24) is 0 Å². The van der Waals surface area contributed by atoms with Gasteiger partial charge in [-0.3, -0.25) is 0 Å². The van der Waals surface area contributed by atoms with Gasteiger partial charge in [0.2, 0.25) is 0 Å². The Hall–Kier alpha value is -0.540. The fourth-order valence-corrected chi connectivity index (χ4v) is 3.10. The van der Waals surface area contributed by atoms with Crippen molar-refractivity contribution in [2.45, 2.75) is 76.4 Å². The van der Waals surface area contributed by atoms with Crippen LogP contribution in [0, 0.1) is 0 Å². The Morgan fingerprint density at radius 3 is 2.50 bits per heavy atom. The zero-order valence-electron chi connectivity index (χ0n) is 13.0. The molecule has 0 aromatic heterocycles. The number of methoxy groups -OCH3 is 1. The molecule has 0 spiro atoms. The van der Waals surface area contributed by atoms with Crippen molar-refractivity contribution in [3.63, 3.8) is 0 Å². The second-order valence-corrected chi connectivity index (χ2v) is 6.00. The van der Waals surface area contributed by atoms with Gasteiger partial charge in [0, 0.05) is 26.4 Å². The highest BCUT2D eigenvalue weighted by Crippen LogP contribution is 2.32. The Bertz CT molecular complexity index is 293. The molecule has 0 aliphatic heterocycles. The fraction of sp³-hybridized carbons (Fsp3) is 0.882. The first kappa shape index (κ1) is 15.8. The lowest BCUT2D eigenvalue weighted by molar-refractivity contribution is -0.238. The Kier molecular flexibility index (Phi) is 6.88. The van der Waals surface area contributed by atoms with Gasteiger partial charge in [-0.1, -0.05) is 6.42 Å². The predicted molar refractivity (Wildman–Crippen MR) is 80.5 cm³/mol. The molecule has 0 aromatic rings. The Morgan fingerprint density at radius 1 is 1.00 bits per heavy atom. The van der Waals surface area contributed by atoms with Gasteiger partial charge in [-0.05, 0) is 51.0 Å². The van der Waals surface area contributed by atoms with Crippen LogP contribution in [0.1, 0.15) is 70.6 Å². The van der Waals surface area contributed by atoms with E-state index < -0.39 is 0 Å². The first-order valence-corrected chi connectivity index (χ1v) is 8.36. The molecule has 0 aromatic carbocycles. The molecule has 0 bridgehead atoms. The van der Waals surface area contributed by atoms with Gasteiger partial charge in [0.1, 0.15) is 0 Å². The molecule has 2 aliphatic carbocycles. The summed E-state index contributed by atoms with van der Waals surface area (Å²) in [6.45, 7) is 1.62. The molecule has 1 saturated carbocycles. The lowest BCUT2D eigenvalue weighted by Gasteiger charge is -2.35. The maximum Gasteiger partial charge on any atom is 0.167 e. The van der Waals surface area contributed by atoms with Gasteiger partial charge in [-0.15, -0.1) is 0 Å². The summed E-state index contributed by atoms with van der Waals surface area (Å²) in [4.78, 5) is 0. The van der Waals surface area contributed by atoms with Gasteiger partial charge in [-0.2, -0.15) is 0 Å². The van der Waals surface area contributed by atoms with E-state index in [0.717, 1.165) is 45.3 Å². The number of ether oxygens (including phenoxy) is 3. The Labute approximate surface area is 123 Å². The topological polar surface area (TPSA) is 27.7 Å². The lowest BCUT2D eigenvalue weighted by Crippen LogP contribution is -2.37. The first-order chi connectivity index (χ1) is 9.85. The summed E-state index contributed by atoms with van der Waals surface area (Å²) in [5.41, 5.74) is 0. The molecule has 3 heteroatoms. The van der Waals surface area contributed by atoms with Crippen molar-refractivity contribution < 1.29 is 14.2 Å². The van der Waals surface area contributed by atoms with Crippen LogP contribution < -0.4 is 0 Å². The van der Waals surface area contributed by atoms with Crippen molar-refractivity contribution in [3.05, 3.63) is 11.8 Å². The average Bonchev–Trinajstić information content (AvgIpc) is 2.53. The molecule has 20 heavy (non-hydrogen) atoms. The minimum atomic E-state index is -0.287. The molecule has 0 saturated heterocycles. The third kappa shape index (κ3) is 5.10. The highest BCUT2D eigenvalue weighted by Gasteiger charge is 2.32. The minimum Gasteiger partial charge on any atom is -0.498 e. The van der Waals surface area contributed by atoms with E-state index in [1.54, 1.807) is 7.11 Å². The largest absolute Gasteiger partial charge is 0.498 e. The van der Waals surface area contributed by atoms with Crippen molar-refractivity contribution in [1.29, 1.82) is 0 Å². The molecular weight excluding hydrogens is 252 g/mol. The van der Waals surface area contributed by atoms with Gasteiger partial charge in [0.15, 0.2) is 5.79 Å². The number of allylic oxidation sites excluding steroid dienone is 2. The van der Waals surface area contributed by atoms with Crippen LogP contribution >= 0.6 is 0 Å². The summed E-state index contributed by atoms with van der Waals surface area (Å²) >= 11 is 0. The second-order valence-electron chi connectivity index (χ2n) is 6.00. The quantitative estimate of drug-likeness (QED) is 0.482. The van der Waals surface area contributed by atoms with Crippen molar-refractivity contribution in [2.24, 2.45) is 0 Å². The number of rotatable bonds is 8. The molecule has 0 amide bonds. The average molecular weight is 282 g/mol. The monoisotopic (exact) mass is 282 g/mol.